The van der Waals surface area contributed by atoms with E-state index in [4.69, 9.17) is 5.11 Å². The quantitative estimate of drug-likeness (QED) is 0.448. The van der Waals surface area contributed by atoms with Gasteiger partial charge in [-0.15, -0.1) is 0 Å². The summed E-state index contributed by atoms with van der Waals surface area (Å²) in [5.74, 6) is -2.59. The number of aliphatic hydroxyl groups is 1. The number of rotatable bonds is 3. The highest BCUT2D eigenvalue weighted by Gasteiger charge is 2.31. The lowest BCUT2D eigenvalue weighted by Gasteiger charge is -2.18. The first-order valence-corrected chi connectivity index (χ1v) is 2.99. The maximum Gasteiger partial charge on any atom is 0.366 e. The van der Waals surface area contributed by atoms with E-state index in [9.17, 15) is 4.79 Å². The van der Waals surface area contributed by atoms with Gasteiger partial charge in [0.25, 0.3) is 5.79 Å². The molecule has 0 aliphatic rings. The Morgan fingerprint density at radius 1 is 1.70 bits per heavy atom. The van der Waals surface area contributed by atoms with Crippen molar-refractivity contribution in [1.29, 1.82) is 0 Å². The van der Waals surface area contributed by atoms with E-state index in [2.05, 4.69) is 9.47 Å². The molecule has 4 nitrogen and oxygen atoms in total. The summed E-state index contributed by atoms with van der Waals surface area (Å²) >= 11 is 0. The second-order valence-electron chi connectivity index (χ2n) is 1.91. The molecule has 0 aromatic rings. The zero-order chi connectivity index (χ0) is 8.20. The first-order valence-electron chi connectivity index (χ1n) is 2.99. The molecule has 0 heterocycles. The average molecular weight is 148 g/mol. The average Bonchev–Trinajstić information content (AvgIpc) is 1.86. The molecule has 10 heavy (non-hydrogen) atoms. The van der Waals surface area contributed by atoms with Crippen molar-refractivity contribution in [2.24, 2.45) is 0 Å². The molecule has 0 saturated heterocycles. The number of hydrogen-bond acceptors (Lipinski definition) is 4. The molecule has 0 rings (SSSR count). The monoisotopic (exact) mass is 148 g/mol. The Balaban J connectivity index is 3.96. The Morgan fingerprint density at radius 3 is 2.50 bits per heavy atom. The fourth-order valence-electron chi connectivity index (χ4n) is 0.529. The van der Waals surface area contributed by atoms with Gasteiger partial charge in [0.15, 0.2) is 0 Å². The van der Waals surface area contributed by atoms with Gasteiger partial charge in [-0.05, 0) is 6.92 Å². The smallest absolute Gasteiger partial charge is 0.366 e. The van der Waals surface area contributed by atoms with Crippen molar-refractivity contribution in [1.82, 2.24) is 0 Å². The minimum atomic E-state index is -1.80. The number of methoxy groups -OCH3 is 1. The molecule has 0 aliphatic carbocycles. The lowest BCUT2D eigenvalue weighted by atomic mass is 10.3. The van der Waals surface area contributed by atoms with Crippen molar-refractivity contribution in [3.63, 3.8) is 0 Å². The minimum absolute atomic E-state index is 0.266. The van der Waals surface area contributed by atoms with Gasteiger partial charge in [-0.3, -0.25) is 0 Å². The third kappa shape index (κ3) is 2.33. The second-order valence-corrected chi connectivity index (χ2v) is 1.91. The Bertz CT molecular complexity index is 119. The maximum absolute atomic E-state index is 10.6. The normalized spacial score (nSPS) is 16.0. The molecule has 0 aromatic carbocycles. The van der Waals surface area contributed by atoms with Crippen LogP contribution in [0.25, 0.3) is 0 Å². The molecule has 4 heteroatoms. The van der Waals surface area contributed by atoms with Crippen LogP contribution in [0.1, 0.15) is 13.8 Å². The van der Waals surface area contributed by atoms with Gasteiger partial charge in [0.1, 0.15) is 0 Å². The lowest BCUT2D eigenvalue weighted by Crippen LogP contribution is -2.39. The van der Waals surface area contributed by atoms with E-state index in [1.807, 2.05) is 0 Å². The van der Waals surface area contributed by atoms with E-state index in [0.29, 0.717) is 0 Å². The van der Waals surface area contributed by atoms with Crippen LogP contribution in [0.4, 0.5) is 0 Å². The number of carbonyl (C=O) groups excluding carboxylic acids is 1. The van der Waals surface area contributed by atoms with Crippen LogP contribution in [0, 0.1) is 0 Å². The zero-order valence-electron chi connectivity index (χ0n) is 6.38. The summed E-state index contributed by atoms with van der Waals surface area (Å²) in [5.41, 5.74) is 0. The predicted octanol–water partition coefficient (Wildman–Crippen LogP) is -0.0956. The summed E-state index contributed by atoms with van der Waals surface area (Å²) in [6.45, 7) is 3.18. The van der Waals surface area contributed by atoms with Crippen molar-refractivity contribution in [3.05, 3.63) is 0 Å². The fraction of sp³-hybridized carbons (Fsp3) is 0.833. The van der Waals surface area contributed by atoms with Crippen LogP contribution in [-0.2, 0) is 14.3 Å². The van der Waals surface area contributed by atoms with Crippen molar-refractivity contribution in [3.8, 4) is 0 Å². The highest BCUT2D eigenvalue weighted by Crippen LogP contribution is 2.06. The third-order valence-electron chi connectivity index (χ3n) is 0.990. The van der Waals surface area contributed by atoms with Gasteiger partial charge in [-0.2, -0.15) is 0 Å². The molecule has 0 fully saturated rings. The summed E-state index contributed by atoms with van der Waals surface area (Å²) < 4.78 is 8.92. The van der Waals surface area contributed by atoms with Gasteiger partial charge >= 0.3 is 5.97 Å². The van der Waals surface area contributed by atoms with Gasteiger partial charge in [-0.25, -0.2) is 4.79 Å². The molecular weight excluding hydrogens is 136 g/mol. The number of carbonyl (C=O) groups is 1. The molecular formula is C6H12O4. The Morgan fingerprint density at radius 2 is 2.20 bits per heavy atom. The van der Waals surface area contributed by atoms with E-state index < -0.39 is 11.8 Å². The topological polar surface area (TPSA) is 55.8 Å². The molecule has 0 aliphatic heterocycles. The Hall–Kier alpha value is -0.610. The summed E-state index contributed by atoms with van der Waals surface area (Å²) in [7, 11) is 1.19. The van der Waals surface area contributed by atoms with Crippen molar-refractivity contribution in [2.45, 2.75) is 19.6 Å². The van der Waals surface area contributed by atoms with E-state index in [1.165, 1.54) is 14.0 Å². The summed E-state index contributed by atoms with van der Waals surface area (Å²) in [5, 5.41) is 9.09. The van der Waals surface area contributed by atoms with Crippen LogP contribution in [0.3, 0.4) is 0 Å². The maximum atomic E-state index is 10.6. The largest absolute Gasteiger partial charge is 0.465 e. The molecule has 1 atom stereocenters. The van der Waals surface area contributed by atoms with Crippen LogP contribution >= 0.6 is 0 Å². The fourth-order valence-corrected chi connectivity index (χ4v) is 0.529. The van der Waals surface area contributed by atoms with Crippen LogP contribution < -0.4 is 0 Å². The molecule has 1 N–H and O–H groups in total. The summed E-state index contributed by atoms with van der Waals surface area (Å²) in [4.78, 5) is 10.6. The summed E-state index contributed by atoms with van der Waals surface area (Å²) in [6.07, 6.45) is 0. The number of hydrogen-bond donors (Lipinski definition) is 1. The van der Waals surface area contributed by atoms with Crippen LogP contribution in [0.2, 0.25) is 0 Å². The first kappa shape index (κ1) is 9.39. The van der Waals surface area contributed by atoms with Gasteiger partial charge in [0, 0.05) is 13.5 Å². The summed E-state index contributed by atoms with van der Waals surface area (Å²) in [6, 6.07) is 0. The third-order valence-corrected chi connectivity index (χ3v) is 0.990. The highest BCUT2D eigenvalue weighted by atomic mass is 16.7. The minimum Gasteiger partial charge on any atom is -0.465 e. The molecule has 0 bridgehead atoms. The highest BCUT2D eigenvalue weighted by molar-refractivity contribution is 5.76. The van der Waals surface area contributed by atoms with Crippen LogP contribution in [0.15, 0.2) is 0 Å². The molecule has 1 unspecified atom stereocenters. The molecule has 0 amide bonds. The van der Waals surface area contributed by atoms with E-state index in [1.54, 1.807) is 6.92 Å². The predicted molar refractivity (Wildman–Crippen MR) is 34.3 cm³/mol. The standard InChI is InChI=1S/C6H12O4/c1-4-10-6(2,8)5(7)9-3/h8H,4H2,1-3H3. The van der Waals surface area contributed by atoms with Crippen LogP contribution in [-0.4, -0.2) is 30.6 Å². The molecule has 0 saturated carbocycles. The van der Waals surface area contributed by atoms with Gasteiger partial charge in [0.2, 0.25) is 0 Å². The first-order chi connectivity index (χ1) is 4.54. The van der Waals surface area contributed by atoms with Gasteiger partial charge in [0.05, 0.1) is 7.11 Å². The lowest BCUT2D eigenvalue weighted by molar-refractivity contribution is -0.217. The molecule has 60 valence electrons. The number of esters is 1. The molecule has 0 spiro atoms. The van der Waals surface area contributed by atoms with Crippen molar-refractivity contribution < 1.29 is 19.4 Å². The second kappa shape index (κ2) is 3.53. The zero-order valence-corrected chi connectivity index (χ0v) is 6.38. The number of ether oxygens (including phenoxy) is 2. The molecule has 0 aromatic heterocycles. The van der Waals surface area contributed by atoms with Crippen LogP contribution in [0.5, 0.6) is 0 Å². The SMILES string of the molecule is CCOC(C)(O)C(=O)OC. The molecule has 0 radical (unpaired) electrons. The van der Waals surface area contributed by atoms with E-state index in [-0.39, 0.29) is 6.61 Å². The van der Waals surface area contributed by atoms with E-state index >= 15 is 0 Å². The van der Waals surface area contributed by atoms with E-state index in [0.717, 1.165) is 0 Å². The Labute approximate surface area is 59.7 Å². The van der Waals surface area contributed by atoms with Gasteiger partial charge < -0.3 is 14.6 Å². The van der Waals surface area contributed by atoms with Crippen molar-refractivity contribution >= 4 is 5.97 Å². The van der Waals surface area contributed by atoms with Crippen molar-refractivity contribution in [2.75, 3.05) is 13.7 Å². The van der Waals surface area contributed by atoms with Gasteiger partial charge in [-0.1, -0.05) is 0 Å². The Kier molecular flexibility index (Phi) is 3.32.